The molecule has 4 heteroatoms. The van der Waals surface area contributed by atoms with Crippen LogP contribution < -0.4 is 11.1 Å². The van der Waals surface area contributed by atoms with E-state index in [9.17, 15) is 9.59 Å². The minimum atomic E-state index is -0.733. The Balaban J connectivity index is 1.77. The number of nitrogens with two attached hydrogens (primary N) is 1. The van der Waals surface area contributed by atoms with Gasteiger partial charge < -0.3 is 11.1 Å². The number of hydrogen-bond donors (Lipinski definition) is 2. The molecule has 1 aliphatic carbocycles. The summed E-state index contributed by atoms with van der Waals surface area (Å²) in [4.78, 5) is 23.6. The fraction of sp³-hybridized carbons (Fsp3) is 0.556. The van der Waals surface area contributed by atoms with Crippen molar-refractivity contribution in [1.82, 2.24) is 5.32 Å². The van der Waals surface area contributed by atoms with E-state index in [1.807, 2.05) is 18.2 Å². The zero-order chi connectivity index (χ0) is 15.8. The predicted molar refractivity (Wildman–Crippen MR) is 86.9 cm³/mol. The van der Waals surface area contributed by atoms with Gasteiger partial charge in [-0.3, -0.25) is 9.59 Å². The Morgan fingerprint density at radius 2 is 1.82 bits per heavy atom. The maximum Gasteiger partial charge on any atom is 0.244 e. The monoisotopic (exact) mass is 302 g/mol. The van der Waals surface area contributed by atoms with Crippen molar-refractivity contribution in [3.63, 3.8) is 0 Å². The lowest BCUT2D eigenvalue weighted by Gasteiger charge is -2.21. The normalized spacial score (nSPS) is 16.9. The van der Waals surface area contributed by atoms with E-state index in [1.165, 1.54) is 32.1 Å². The van der Waals surface area contributed by atoms with Gasteiger partial charge in [0, 0.05) is 6.42 Å². The molecule has 1 unspecified atom stereocenters. The number of benzene rings is 1. The highest BCUT2D eigenvalue weighted by atomic mass is 16.2. The summed E-state index contributed by atoms with van der Waals surface area (Å²) >= 11 is 0. The Kier molecular flexibility index (Phi) is 6.44. The van der Waals surface area contributed by atoms with Gasteiger partial charge in [-0.05, 0) is 24.3 Å². The van der Waals surface area contributed by atoms with Crippen molar-refractivity contribution in [3.05, 3.63) is 35.9 Å². The molecule has 3 N–H and O–H groups in total. The molecule has 2 rings (SSSR count). The fourth-order valence-corrected chi connectivity index (χ4v) is 3.22. The summed E-state index contributed by atoms with van der Waals surface area (Å²) in [7, 11) is 0. The molecule has 0 aromatic heterocycles. The topological polar surface area (TPSA) is 72.2 Å². The van der Waals surface area contributed by atoms with Gasteiger partial charge >= 0.3 is 0 Å². The van der Waals surface area contributed by atoms with Crippen LogP contribution in [-0.4, -0.2) is 11.8 Å². The van der Waals surface area contributed by atoms with Crippen LogP contribution in [0, 0.1) is 5.92 Å². The first-order valence-electron chi connectivity index (χ1n) is 8.30. The number of nitrogens with one attached hydrogen (secondary N) is 1. The van der Waals surface area contributed by atoms with Gasteiger partial charge in [0.1, 0.15) is 6.04 Å². The summed E-state index contributed by atoms with van der Waals surface area (Å²) in [6.07, 6.45) is 9.08. The Morgan fingerprint density at radius 3 is 2.45 bits per heavy atom. The molecular formula is C18H26N2O2. The molecule has 0 heterocycles. The van der Waals surface area contributed by atoms with Crippen molar-refractivity contribution >= 4 is 11.8 Å². The smallest absolute Gasteiger partial charge is 0.244 e. The summed E-state index contributed by atoms with van der Waals surface area (Å²) in [6.45, 7) is 0. The molecular weight excluding hydrogens is 276 g/mol. The van der Waals surface area contributed by atoms with Gasteiger partial charge in [-0.1, -0.05) is 62.4 Å². The SMILES string of the molecule is NC(=O)C(NC(=O)CCCC1CCCCC1)c1ccccc1. The molecule has 1 aromatic carbocycles. The zero-order valence-electron chi connectivity index (χ0n) is 13.1. The van der Waals surface area contributed by atoms with Gasteiger partial charge in [-0.2, -0.15) is 0 Å². The summed E-state index contributed by atoms with van der Waals surface area (Å²) < 4.78 is 0. The number of amides is 2. The van der Waals surface area contributed by atoms with E-state index >= 15 is 0 Å². The Bertz CT molecular complexity index is 481. The quantitative estimate of drug-likeness (QED) is 0.812. The van der Waals surface area contributed by atoms with Gasteiger partial charge in [0.15, 0.2) is 0 Å². The summed E-state index contributed by atoms with van der Waals surface area (Å²) in [5.74, 6) is 0.165. The second kappa shape index (κ2) is 8.57. The highest BCUT2D eigenvalue weighted by molar-refractivity contribution is 5.87. The minimum absolute atomic E-state index is 0.0940. The van der Waals surface area contributed by atoms with Crippen LogP contribution in [0.1, 0.15) is 63.0 Å². The van der Waals surface area contributed by atoms with Gasteiger partial charge in [-0.15, -0.1) is 0 Å². The van der Waals surface area contributed by atoms with Crippen LogP contribution in [0.25, 0.3) is 0 Å². The average molecular weight is 302 g/mol. The van der Waals surface area contributed by atoms with E-state index in [0.717, 1.165) is 24.3 Å². The maximum absolute atomic E-state index is 12.1. The molecule has 0 aliphatic heterocycles. The zero-order valence-corrected chi connectivity index (χ0v) is 13.1. The van der Waals surface area contributed by atoms with Crippen molar-refractivity contribution in [1.29, 1.82) is 0 Å². The van der Waals surface area contributed by atoms with Crippen LogP contribution in [-0.2, 0) is 9.59 Å². The average Bonchev–Trinajstić information content (AvgIpc) is 2.54. The number of carbonyl (C=O) groups is 2. The van der Waals surface area contributed by atoms with Gasteiger partial charge in [0.2, 0.25) is 11.8 Å². The predicted octanol–water partition coefficient (Wildman–Crippen LogP) is 3.08. The summed E-state index contributed by atoms with van der Waals surface area (Å²) in [5, 5.41) is 2.76. The summed E-state index contributed by atoms with van der Waals surface area (Å²) in [6, 6.07) is 8.41. The molecule has 1 atom stereocenters. The van der Waals surface area contributed by atoms with Crippen LogP contribution in [0.15, 0.2) is 30.3 Å². The molecule has 2 amide bonds. The molecule has 1 aliphatic rings. The second-order valence-electron chi connectivity index (χ2n) is 6.21. The maximum atomic E-state index is 12.1. The lowest BCUT2D eigenvalue weighted by atomic mass is 9.86. The van der Waals surface area contributed by atoms with E-state index in [-0.39, 0.29) is 5.91 Å². The molecule has 1 saturated carbocycles. The van der Waals surface area contributed by atoms with Crippen LogP contribution >= 0.6 is 0 Å². The number of hydrogen-bond acceptors (Lipinski definition) is 2. The molecule has 120 valence electrons. The van der Waals surface area contributed by atoms with Crippen molar-refractivity contribution in [2.75, 3.05) is 0 Å². The van der Waals surface area contributed by atoms with E-state index < -0.39 is 11.9 Å². The second-order valence-corrected chi connectivity index (χ2v) is 6.21. The van der Waals surface area contributed by atoms with E-state index in [2.05, 4.69) is 5.32 Å². The first-order chi connectivity index (χ1) is 10.7. The van der Waals surface area contributed by atoms with E-state index in [0.29, 0.717) is 6.42 Å². The van der Waals surface area contributed by atoms with Crippen molar-refractivity contribution in [2.45, 2.75) is 57.4 Å². The molecule has 0 radical (unpaired) electrons. The lowest BCUT2D eigenvalue weighted by molar-refractivity contribution is -0.127. The first-order valence-corrected chi connectivity index (χ1v) is 8.30. The lowest BCUT2D eigenvalue weighted by Crippen LogP contribution is -2.37. The third-order valence-corrected chi connectivity index (χ3v) is 4.46. The molecule has 0 bridgehead atoms. The Hall–Kier alpha value is -1.84. The van der Waals surface area contributed by atoms with Gasteiger partial charge in [-0.25, -0.2) is 0 Å². The third kappa shape index (κ3) is 5.17. The van der Waals surface area contributed by atoms with Gasteiger partial charge in [0.25, 0.3) is 0 Å². The highest BCUT2D eigenvalue weighted by Crippen LogP contribution is 2.27. The highest BCUT2D eigenvalue weighted by Gasteiger charge is 2.20. The minimum Gasteiger partial charge on any atom is -0.368 e. The third-order valence-electron chi connectivity index (χ3n) is 4.46. The van der Waals surface area contributed by atoms with E-state index in [4.69, 9.17) is 5.73 Å². The number of primary amides is 1. The molecule has 4 nitrogen and oxygen atoms in total. The van der Waals surface area contributed by atoms with Crippen LogP contribution in [0.3, 0.4) is 0 Å². The molecule has 22 heavy (non-hydrogen) atoms. The fourth-order valence-electron chi connectivity index (χ4n) is 3.22. The molecule has 0 saturated heterocycles. The molecule has 1 aromatic rings. The molecule has 0 spiro atoms. The van der Waals surface area contributed by atoms with E-state index in [1.54, 1.807) is 12.1 Å². The number of rotatable bonds is 7. The first kappa shape index (κ1) is 16.5. The van der Waals surface area contributed by atoms with Crippen molar-refractivity contribution in [3.8, 4) is 0 Å². The summed E-state index contributed by atoms with van der Waals surface area (Å²) in [5.41, 5.74) is 6.14. The Labute approximate surface area is 132 Å². The van der Waals surface area contributed by atoms with Gasteiger partial charge in [0.05, 0.1) is 0 Å². The Morgan fingerprint density at radius 1 is 1.14 bits per heavy atom. The van der Waals surface area contributed by atoms with Crippen LogP contribution in [0.2, 0.25) is 0 Å². The number of carbonyl (C=O) groups excluding carboxylic acids is 2. The standard InChI is InChI=1S/C18H26N2O2/c19-18(22)17(15-11-5-2-6-12-15)20-16(21)13-7-10-14-8-3-1-4-9-14/h2,5-6,11-12,14,17H,1,3-4,7-10,13H2,(H2,19,22)(H,20,21). The van der Waals surface area contributed by atoms with Crippen LogP contribution in [0.4, 0.5) is 0 Å². The molecule has 1 fully saturated rings. The largest absolute Gasteiger partial charge is 0.368 e. The van der Waals surface area contributed by atoms with Crippen molar-refractivity contribution in [2.24, 2.45) is 11.7 Å². The van der Waals surface area contributed by atoms with Crippen molar-refractivity contribution < 1.29 is 9.59 Å². The van der Waals surface area contributed by atoms with Crippen LogP contribution in [0.5, 0.6) is 0 Å².